The summed E-state index contributed by atoms with van der Waals surface area (Å²) in [4.78, 5) is 11.8. The summed E-state index contributed by atoms with van der Waals surface area (Å²) in [5.74, 6) is 0.491. The van der Waals surface area contributed by atoms with Crippen LogP contribution < -0.4 is 10.1 Å². The summed E-state index contributed by atoms with van der Waals surface area (Å²) in [6, 6.07) is 13.2. The second-order valence-corrected chi connectivity index (χ2v) is 5.86. The summed E-state index contributed by atoms with van der Waals surface area (Å²) in [5, 5.41) is 3.72. The van der Waals surface area contributed by atoms with Crippen LogP contribution in [0.3, 0.4) is 0 Å². The minimum absolute atomic E-state index is 0.400. The molecule has 0 bridgehead atoms. The van der Waals surface area contributed by atoms with Gasteiger partial charge in [-0.1, -0.05) is 29.8 Å². The number of esters is 1. The molecule has 0 aromatic heterocycles. The summed E-state index contributed by atoms with van der Waals surface area (Å²) >= 11 is 6.17. The zero-order valence-corrected chi connectivity index (χ0v) is 14.7. The van der Waals surface area contributed by atoms with Crippen molar-refractivity contribution < 1.29 is 14.3 Å². The predicted molar refractivity (Wildman–Crippen MR) is 97.2 cm³/mol. The number of hydrogen-bond acceptors (Lipinski definition) is 4. The first-order valence-corrected chi connectivity index (χ1v) is 8.30. The van der Waals surface area contributed by atoms with Gasteiger partial charge in [0.2, 0.25) is 0 Å². The summed E-state index contributed by atoms with van der Waals surface area (Å²) in [6.45, 7) is 3.39. The average molecular weight is 348 g/mol. The van der Waals surface area contributed by atoms with Crippen molar-refractivity contribution in [3.63, 3.8) is 0 Å². The van der Waals surface area contributed by atoms with Crippen molar-refractivity contribution in [2.24, 2.45) is 0 Å². The van der Waals surface area contributed by atoms with Gasteiger partial charge in [0.1, 0.15) is 5.75 Å². The number of anilines is 1. The summed E-state index contributed by atoms with van der Waals surface area (Å²) < 4.78 is 10.5. The molecule has 0 saturated carbocycles. The predicted octanol–water partition coefficient (Wildman–Crippen LogP) is 4.71. The quantitative estimate of drug-likeness (QED) is 0.555. The average Bonchev–Trinajstić information content (AvgIpc) is 2.58. The lowest BCUT2D eigenvalue weighted by molar-refractivity contribution is 0.0602. The number of rotatable bonds is 8. The molecule has 0 saturated heterocycles. The Morgan fingerprint density at radius 3 is 2.71 bits per heavy atom. The minimum atomic E-state index is -0.400. The maximum atomic E-state index is 11.8. The molecule has 0 aliphatic carbocycles. The van der Waals surface area contributed by atoms with Crippen molar-refractivity contribution in [2.45, 2.75) is 19.8 Å². The van der Waals surface area contributed by atoms with Gasteiger partial charge in [-0.05, 0) is 49.6 Å². The third-order valence-electron chi connectivity index (χ3n) is 3.55. The second kappa shape index (κ2) is 9.18. The van der Waals surface area contributed by atoms with Crippen LogP contribution >= 0.6 is 11.6 Å². The molecule has 0 unspecified atom stereocenters. The topological polar surface area (TPSA) is 47.6 Å². The van der Waals surface area contributed by atoms with Gasteiger partial charge in [0.05, 0.1) is 30.0 Å². The van der Waals surface area contributed by atoms with E-state index in [1.807, 2.05) is 31.2 Å². The van der Waals surface area contributed by atoms with Gasteiger partial charge in [-0.25, -0.2) is 4.79 Å². The lowest BCUT2D eigenvalue weighted by atomic mass is 10.1. The van der Waals surface area contributed by atoms with Crippen molar-refractivity contribution in [3.05, 3.63) is 58.6 Å². The van der Waals surface area contributed by atoms with Gasteiger partial charge in [-0.15, -0.1) is 0 Å². The van der Waals surface area contributed by atoms with Gasteiger partial charge >= 0.3 is 5.97 Å². The number of nitrogens with one attached hydrogen (secondary N) is 1. The standard InChI is InChI=1S/C19H22ClNO3/c1-14-7-5-8-15(13-14)24-12-4-3-11-21-18-16(19(22)23-2)9-6-10-17(18)20/h5-10,13,21H,3-4,11-12H2,1-2H3. The van der Waals surface area contributed by atoms with Crippen LogP contribution in [0.15, 0.2) is 42.5 Å². The van der Waals surface area contributed by atoms with E-state index in [0.717, 1.165) is 18.6 Å². The van der Waals surface area contributed by atoms with Gasteiger partial charge < -0.3 is 14.8 Å². The Labute approximate surface area is 147 Å². The molecule has 128 valence electrons. The highest BCUT2D eigenvalue weighted by atomic mass is 35.5. The molecule has 2 aromatic carbocycles. The monoisotopic (exact) mass is 347 g/mol. The lowest BCUT2D eigenvalue weighted by Crippen LogP contribution is -2.10. The Morgan fingerprint density at radius 1 is 1.17 bits per heavy atom. The van der Waals surface area contributed by atoms with E-state index in [1.165, 1.54) is 12.7 Å². The van der Waals surface area contributed by atoms with Gasteiger partial charge in [0, 0.05) is 6.54 Å². The number of halogens is 1. The van der Waals surface area contributed by atoms with Crippen molar-refractivity contribution in [3.8, 4) is 5.75 Å². The molecule has 0 fully saturated rings. The molecule has 0 radical (unpaired) electrons. The molecule has 5 heteroatoms. The smallest absolute Gasteiger partial charge is 0.340 e. The summed E-state index contributed by atoms with van der Waals surface area (Å²) in [5.41, 5.74) is 2.25. The van der Waals surface area contributed by atoms with Crippen molar-refractivity contribution in [1.82, 2.24) is 0 Å². The zero-order chi connectivity index (χ0) is 17.4. The number of methoxy groups -OCH3 is 1. The molecular weight excluding hydrogens is 326 g/mol. The van der Waals surface area contributed by atoms with E-state index in [2.05, 4.69) is 5.32 Å². The molecule has 0 heterocycles. The number of aryl methyl sites for hydroxylation is 1. The SMILES string of the molecule is COC(=O)c1cccc(Cl)c1NCCCCOc1cccc(C)c1. The zero-order valence-electron chi connectivity index (χ0n) is 14.0. The first kappa shape index (κ1) is 18.1. The van der Waals surface area contributed by atoms with E-state index in [9.17, 15) is 4.79 Å². The first-order chi connectivity index (χ1) is 11.6. The van der Waals surface area contributed by atoms with Gasteiger partial charge in [-0.2, -0.15) is 0 Å². The fraction of sp³-hybridized carbons (Fsp3) is 0.316. The summed E-state index contributed by atoms with van der Waals surface area (Å²) in [7, 11) is 1.36. The Kier molecular flexibility index (Phi) is 6.94. The molecule has 1 N–H and O–H groups in total. The van der Waals surface area contributed by atoms with E-state index >= 15 is 0 Å². The Balaban J connectivity index is 1.77. The third kappa shape index (κ3) is 5.17. The van der Waals surface area contributed by atoms with Gasteiger partial charge in [0.25, 0.3) is 0 Å². The maximum Gasteiger partial charge on any atom is 0.340 e. The van der Waals surface area contributed by atoms with E-state index in [4.69, 9.17) is 21.1 Å². The van der Waals surface area contributed by atoms with Crippen molar-refractivity contribution in [1.29, 1.82) is 0 Å². The Hall–Kier alpha value is -2.20. The first-order valence-electron chi connectivity index (χ1n) is 7.92. The minimum Gasteiger partial charge on any atom is -0.494 e. The molecule has 24 heavy (non-hydrogen) atoms. The van der Waals surface area contributed by atoms with E-state index in [1.54, 1.807) is 18.2 Å². The highest BCUT2D eigenvalue weighted by Gasteiger charge is 2.13. The molecule has 2 rings (SSSR count). The lowest BCUT2D eigenvalue weighted by Gasteiger charge is -2.12. The number of para-hydroxylation sites is 1. The molecule has 0 amide bonds. The molecule has 0 aliphatic heterocycles. The highest BCUT2D eigenvalue weighted by Crippen LogP contribution is 2.26. The summed E-state index contributed by atoms with van der Waals surface area (Å²) in [6.07, 6.45) is 1.80. The molecular formula is C19H22ClNO3. The van der Waals surface area contributed by atoms with Crippen LogP contribution in [-0.2, 0) is 4.74 Å². The van der Waals surface area contributed by atoms with Crippen LogP contribution in [0.5, 0.6) is 5.75 Å². The Bertz CT molecular complexity index is 688. The van der Waals surface area contributed by atoms with Crippen LogP contribution in [0.1, 0.15) is 28.8 Å². The molecule has 4 nitrogen and oxygen atoms in total. The van der Waals surface area contributed by atoms with Crippen molar-refractivity contribution >= 4 is 23.3 Å². The van der Waals surface area contributed by atoms with E-state index in [0.29, 0.717) is 29.4 Å². The van der Waals surface area contributed by atoms with E-state index < -0.39 is 5.97 Å². The molecule has 0 spiro atoms. The van der Waals surface area contributed by atoms with Gasteiger partial charge in [0.15, 0.2) is 0 Å². The molecule has 2 aromatic rings. The number of hydrogen-bond donors (Lipinski definition) is 1. The van der Waals surface area contributed by atoms with Crippen molar-refractivity contribution in [2.75, 3.05) is 25.6 Å². The normalized spacial score (nSPS) is 10.3. The highest BCUT2D eigenvalue weighted by molar-refractivity contribution is 6.34. The Morgan fingerprint density at radius 2 is 1.96 bits per heavy atom. The fourth-order valence-electron chi connectivity index (χ4n) is 2.32. The molecule has 0 atom stereocenters. The number of unbranched alkanes of at least 4 members (excludes halogenated alkanes) is 1. The van der Waals surface area contributed by atoms with Crippen LogP contribution in [0.2, 0.25) is 5.02 Å². The fourth-order valence-corrected chi connectivity index (χ4v) is 2.56. The number of carbonyl (C=O) groups is 1. The third-order valence-corrected chi connectivity index (χ3v) is 3.87. The van der Waals surface area contributed by atoms with Gasteiger partial charge in [-0.3, -0.25) is 0 Å². The maximum absolute atomic E-state index is 11.8. The van der Waals surface area contributed by atoms with E-state index in [-0.39, 0.29) is 0 Å². The second-order valence-electron chi connectivity index (χ2n) is 5.45. The number of ether oxygens (including phenoxy) is 2. The van der Waals surface area contributed by atoms with Crippen LogP contribution in [0.4, 0.5) is 5.69 Å². The van der Waals surface area contributed by atoms with Crippen LogP contribution in [0.25, 0.3) is 0 Å². The van der Waals surface area contributed by atoms with Crippen LogP contribution in [-0.4, -0.2) is 26.2 Å². The largest absolute Gasteiger partial charge is 0.494 e. The molecule has 0 aliphatic rings. The number of carbonyl (C=O) groups excluding carboxylic acids is 1. The van der Waals surface area contributed by atoms with Crippen LogP contribution in [0, 0.1) is 6.92 Å². The number of benzene rings is 2.